The first-order valence-corrected chi connectivity index (χ1v) is 3.96. The maximum atomic E-state index is 12.8. The SMILES string of the molecule is [N-]=[N+]=NCC=Cc1cc(N)cc(F)c1. The lowest BCUT2D eigenvalue weighted by atomic mass is 10.2. The molecule has 0 bridgehead atoms. The average molecular weight is 192 g/mol. The van der Waals surface area contributed by atoms with E-state index in [4.69, 9.17) is 11.3 Å². The van der Waals surface area contributed by atoms with Gasteiger partial charge in [-0.3, -0.25) is 0 Å². The molecule has 2 N–H and O–H groups in total. The van der Waals surface area contributed by atoms with Gasteiger partial charge in [-0.05, 0) is 29.3 Å². The lowest BCUT2D eigenvalue weighted by molar-refractivity contribution is 0.628. The highest BCUT2D eigenvalue weighted by Gasteiger charge is 1.94. The third-order valence-electron chi connectivity index (χ3n) is 1.50. The number of rotatable bonds is 3. The molecular formula is C9H9FN4. The zero-order valence-electron chi connectivity index (χ0n) is 7.39. The van der Waals surface area contributed by atoms with Crippen molar-refractivity contribution in [1.29, 1.82) is 0 Å². The van der Waals surface area contributed by atoms with Crippen LogP contribution in [0.4, 0.5) is 10.1 Å². The third-order valence-corrected chi connectivity index (χ3v) is 1.50. The van der Waals surface area contributed by atoms with Gasteiger partial charge < -0.3 is 5.73 Å². The second-order valence-electron chi connectivity index (χ2n) is 2.63. The van der Waals surface area contributed by atoms with Crippen LogP contribution in [-0.4, -0.2) is 6.54 Å². The summed E-state index contributed by atoms with van der Waals surface area (Å²) in [4.78, 5) is 2.58. The summed E-state index contributed by atoms with van der Waals surface area (Å²) in [5.41, 5.74) is 14.4. The molecule has 0 fully saturated rings. The van der Waals surface area contributed by atoms with Gasteiger partial charge in [0.2, 0.25) is 0 Å². The van der Waals surface area contributed by atoms with Gasteiger partial charge in [0.15, 0.2) is 0 Å². The number of nitrogens with zero attached hydrogens (tertiary/aromatic N) is 3. The molecule has 1 aromatic carbocycles. The van der Waals surface area contributed by atoms with Crippen molar-refractivity contribution in [3.8, 4) is 0 Å². The molecule has 0 radical (unpaired) electrons. The lowest BCUT2D eigenvalue weighted by Crippen LogP contribution is -1.87. The Labute approximate surface area is 80.5 Å². The summed E-state index contributed by atoms with van der Waals surface area (Å²) in [7, 11) is 0. The molecule has 0 saturated carbocycles. The monoisotopic (exact) mass is 192 g/mol. The minimum atomic E-state index is -0.381. The molecule has 0 aliphatic rings. The largest absolute Gasteiger partial charge is 0.399 e. The molecule has 72 valence electrons. The van der Waals surface area contributed by atoms with Crippen molar-refractivity contribution in [2.75, 3.05) is 12.3 Å². The minimum absolute atomic E-state index is 0.243. The van der Waals surface area contributed by atoms with Crippen molar-refractivity contribution >= 4 is 11.8 Å². The zero-order valence-corrected chi connectivity index (χ0v) is 7.39. The van der Waals surface area contributed by atoms with Crippen molar-refractivity contribution < 1.29 is 4.39 Å². The minimum Gasteiger partial charge on any atom is -0.399 e. The van der Waals surface area contributed by atoms with Crippen LogP contribution in [0.25, 0.3) is 16.5 Å². The molecule has 1 rings (SSSR count). The zero-order chi connectivity index (χ0) is 10.4. The number of nitrogens with two attached hydrogens (primary N) is 1. The van der Waals surface area contributed by atoms with E-state index >= 15 is 0 Å². The Morgan fingerprint density at radius 2 is 2.29 bits per heavy atom. The van der Waals surface area contributed by atoms with Crippen LogP contribution in [-0.2, 0) is 0 Å². The fraction of sp³-hybridized carbons (Fsp3) is 0.111. The van der Waals surface area contributed by atoms with Crippen LogP contribution >= 0.6 is 0 Å². The number of anilines is 1. The molecule has 5 heteroatoms. The molecular weight excluding hydrogens is 183 g/mol. The van der Waals surface area contributed by atoms with E-state index in [0.29, 0.717) is 11.3 Å². The number of halogens is 1. The van der Waals surface area contributed by atoms with E-state index in [0.717, 1.165) is 0 Å². The fourth-order valence-corrected chi connectivity index (χ4v) is 1.00. The second kappa shape index (κ2) is 4.89. The van der Waals surface area contributed by atoms with Crippen LogP contribution in [0.1, 0.15) is 5.56 Å². The molecule has 0 saturated heterocycles. The van der Waals surface area contributed by atoms with Gasteiger partial charge in [0.05, 0.1) is 0 Å². The summed E-state index contributed by atoms with van der Waals surface area (Å²) in [6, 6.07) is 4.23. The van der Waals surface area contributed by atoms with Crippen molar-refractivity contribution in [3.63, 3.8) is 0 Å². The van der Waals surface area contributed by atoms with Gasteiger partial charge in [-0.25, -0.2) is 4.39 Å². The first-order chi connectivity index (χ1) is 6.72. The quantitative estimate of drug-likeness (QED) is 0.340. The van der Waals surface area contributed by atoms with Crippen molar-refractivity contribution in [2.45, 2.75) is 0 Å². The summed E-state index contributed by atoms with van der Waals surface area (Å²) in [5, 5.41) is 3.30. The van der Waals surface area contributed by atoms with E-state index in [9.17, 15) is 4.39 Å². The van der Waals surface area contributed by atoms with E-state index in [2.05, 4.69) is 10.0 Å². The van der Waals surface area contributed by atoms with E-state index in [1.165, 1.54) is 12.1 Å². The Hall–Kier alpha value is -2.00. The van der Waals surface area contributed by atoms with Gasteiger partial charge >= 0.3 is 0 Å². The van der Waals surface area contributed by atoms with Crippen LogP contribution in [0.15, 0.2) is 29.4 Å². The van der Waals surface area contributed by atoms with Crippen molar-refractivity contribution in [2.24, 2.45) is 5.11 Å². The van der Waals surface area contributed by atoms with Crippen molar-refractivity contribution in [1.82, 2.24) is 0 Å². The molecule has 0 atom stereocenters. The predicted octanol–water partition coefficient (Wildman–Crippen LogP) is 2.73. The Balaban J connectivity index is 2.75. The number of nitrogen functional groups attached to an aromatic ring is 1. The molecule has 0 amide bonds. The Morgan fingerprint density at radius 1 is 1.50 bits per heavy atom. The molecule has 1 aromatic rings. The summed E-state index contributed by atoms with van der Waals surface area (Å²) in [6.07, 6.45) is 3.28. The highest BCUT2D eigenvalue weighted by atomic mass is 19.1. The highest BCUT2D eigenvalue weighted by Crippen LogP contribution is 2.11. The smallest absolute Gasteiger partial charge is 0.125 e. The average Bonchev–Trinajstić information content (AvgIpc) is 2.11. The Morgan fingerprint density at radius 3 is 2.93 bits per heavy atom. The Kier molecular flexibility index (Phi) is 3.52. The molecule has 0 spiro atoms. The maximum absolute atomic E-state index is 12.8. The van der Waals surface area contributed by atoms with E-state index < -0.39 is 0 Å². The lowest BCUT2D eigenvalue weighted by Gasteiger charge is -1.96. The van der Waals surface area contributed by atoms with Gasteiger partial charge in [-0.15, -0.1) is 0 Å². The molecule has 0 unspecified atom stereocenters. The van der Waals surface area contributed by atoms with E-state index in [1.54, 1.807) is 18.2 Å². The molecule has 14 heavy (non-hydrogen) atoms. The predicted molar refractivity (Wildman–Crippen MR) is 53.9 cm³/mol. The van der Waals surface area contributed by atoms with Crippen LogP contribution in [0.2, 0.25) is 0 Å². The molecule has 0 aliphatic heterocycles. The second-order valence-corrected chi connectivity index (χ2v) is 2.63. The molecule has 0 heterocycles. The third kappa shape index (κ3) is 3.16. The normalized spacial score (nSPS) is 10.1. The number of benzene rings is 1. The van der Waals surface area contributed by atoms with E-state index in [-0.39, 0.29) is 12.4 Å². The maximum Gasteiger partial charge on any atom is 0.125 e. The van der Waals surface area contributed by atoms with Crippen LogP contribution < -0.4 is 5.73 Å². The Bertz CT molecular complexity index is 374. The van der Waals surface area contributed by atoms with Gasteiger partial charge in [0.1, 0.15) is 5.82 Å². The molecule has 0 aromatic heterocycles. The standard InChI is InChI=1S/C9H9FN4/c10-8-4-7(5-9(11)6-8)2-1-3-13-14-12/h1-2,4-6H,3,11H2. The summed E-state index contributed by atoms with van der Waals surface area (Å²) < 4.78 is 12.8. The summed E-state index contributed by atoms with van der Waals surface area (Å²) >= 11 is 0. The van der Waals surface area contributed by atoms with Gasteiger partial charge in [-0.1, -0.05) is 17.3 Å². The molecule has 0 aliphatic carbocycles. The highest BCUT2D eigenvalue weighted by molar-refractivity contribution is 5.55. The van der Waals surface area contributed by atoms with E-state index in [1.807, 2.05) is 0 Å². The van der Waals surface area contributed by atoms with Crippen LogP contribution in [0.5, 0.6) is 0 Å². The number of hydrogen-bond acceptors (Lipinski definition) is 2. The first-order valence-electron chi connectivity index (χ1n) is 3.96. The van der Waals surface area contributed by atoms with Crippen LogP contribution in [0.3, 0.4) is 0 Å². The van der Waals surface area contributed by atoms with Gasteiger partial charge in [0.25, 0.3) is 0 Å². The summed E-state index contributed by atoms with van der Waals surface area (Å²) in [6.45, 7) is 0.243. The van der Waals surface area contributed by atoms with Crippen LogP contribution in [0, 0.1) is 5.82 Å². The van der Waals surface area contributed by atoms with Gasteiger partial charge in [-0.2, -0.15) is 0 Å². The first kappa shape index (κ1) is 10.1. The number of hydrogen-bond donors (Lipinski definition) is 1. The summed E-state index contributed by atoms with van der Waals surface area (Å²) in [5.74, 6) is -0.381. The van der Waals surface area contributed by atoms with Crippen molar-refractivity contribution in [3.05, 3.63) is 46.1 Å². The topological polar surface area (TPSA) is 74.8 Å². The fourth-order valence-electron chi connectivity index (χ4n) is 1.00. The van der Waals surface area contributed by atoms with Gasteiger partial charge in [0, 0.05) is 17.1 Å². The number of azide groups is 1. The molecule has 4 nitrogen and oxygen atoms in total.